The number of halogens is 1. The molecule has 0 bridgehead atoms. The lowest BCUT2D eigenvalue weighted by molar-refractivity contribution is 0.455. The van der Waals surface area contributed by atoms with Gasteiger partial charge in [0, 0.05) is 10.5 Å². The van der Waals surface area contributed by atoms with Gasteiger partial charge in [0.05, 0.1) is 5.69 Å². The van der Waals surface area contributed by atoms with Crippen LogP contribution in [-0.2, 0) is 0 Å². The molecular weight excluding hydrogens is 276 g/mol. The number of hydrogen-bond donors (Lipinski definition) is 1. The Morgan fingerprint density at radius 3 is 2.76 bits per heavy atom. The van der Waals surface area contributed by atoms with E-state index in [0.29, 0.717) is 6.04 Å². The summed E-state index contributed by atoms with van der Waals surface area (Å²) in [4.78, 5) is 4.57. The van der Waals surface area contributed by atoms with Crippen LogP contribution in [0.15, 0.2) is 16.6 Å². The van der Waals surface area contributed by atoms with Gasteiger partial charge in [0.1, 0.15) is 5.82 Å². The summed E-state index contributed by atoms with van der Waals surface area (Å²) in [6.45, 7) is 4.39. The smallest absolute Gasteiger partial charge is 0.126 e. The molecule has 2 unspecified atom stereocenters. The SMILES string of the molecule is Cc1nc(NC2CCCCCC2C)ccc1Br. The second-order valence-corrected chi connectivity index (χ2v) is 5.98. The summed E-state index contributed by atoms with van der Waals surface area (Å²) in [5, 5.41) is 3.61. The maximum atomic E-state index is 4.57. The van der Waals surface area contributed by atoms with Crippen molar-refractivity contribution in [3.05, 3.63) is 22.3 Å². The molecule has 0 saturated heterocycles. The first-order valence-electron chi connectivity index (χ1n) is 6.56. The van der Waals surface area contributed by atoms with E-state index in [1.54, 1.807) is 0 Å². The Kier molecular flexibility index (Phi) is 4.43. The fourth-order valence-electron chi connectivity index (χ4n) is 2.52. The van der Waals surface area contributed by atoms with E-state index in [4.69, 9.17) is 0 Å². The quantitative estimate of drug-likeness (QED) is 0.811. The van der Waals surface area contributed by atoms with Gasteiger partial charge in [0.2, 0.25) is 0 Å². The minimum atomic E-state index is 0.588. The van der Waals surface area contributed by atoms with Gasteiger partial charge in [0.25, 0.3) is 0 Å². The Bertz CT molecular complexity index is 378. The van der Waals surface area contributed by atoms with Gasteiger partial charge in [-0.1, -0.05) is 26.2 Å². The number of rotatable bonds is 2. The van der Waals surface area contributed by atoms with Gasteiger partial charge in [0.15, 0.2) is 0 Å². The normalized spacial score (nSPS) is 25.4. The molecule has 1 aromatic rings. The number of anilines is 1. The van der Waals surface area contributed by atoms with Crippen LogP contribution in [0.1, 0.15) is 44.7 Å². The summed E-state index contributed by atoms with van der Waals surface area (Å²) in [7, 11) is 0. The second-order valence-electron chi connectivity index (χ2n) is 5.13. The molecule has 0 radical (unpaired) electrons. The predicted molar refractivity (Wildman–Crippen MR) is 76.3 cm³/mol. The molecule has 17 heavy (non-hydrogen) atoms. The lowest BCUT2D eigenvalue weighted by Gasteiger charge is -2.23. The van der Waals surface area contributed by atoms with Crippen LogP contribution in [0.5, 0.6) is 0 Å². The van der Waals surface area contributed by atoms with Crippen molar-refractivity contribution in [3.8, 4) is 0 Å². The zero-order valence-electron chi connectivity index (χ0n) is 10.7. The zero-order valence-corrected chi connectivity index (χ0v) is 12.3. The highest BCUT2D eigenvalue weighted by Gasteiger charge is 2.19. The average molecular weight is 297 g/mol. The number of nitrogens with one attached hydrogen (secondary N) is 1. The van der Waals surface area contributed by atoms with Crippen molar-refractivity contribution in [1.29, 1.82) is 0 Å². The van der Waals surface area contributed by atoms with Crippen molar-refractivity contribution in [2.75, 3.05) is 5.32 Å². The fourth-order valence-corrected chi connectivity index (χ4v) is 2.74. The van der Waals surface area contributed by atoms with Gasteiger partial charge >= 0.3 is 0 Å². The summed E-state index contributed by atoms with van der Waals surface area (Å²) in [6, 6.07) is 4.73. The third-order valence-electron chi connectivity index (χ3n) is 3.72. The van der Waals surface area contributed by atoms with Gasteiger partial charge in [-0.3, -0.25) is 0 Å². The Hall–Kier alpha value is -0.570. The minimum Gasteiger partial charge on any atom is -0.367 e. The molecule has 1 aromatic heterocycles. The van der Waals surface area contributed by atoms with E-state index in [0.717, 1.165) is 21.9 Å². The first-order valence-corrected chi connectivity index (χ1v) is 7.36. The first kappa shape index (κ1) is 12.9. The molecule has 2 rings (SSSR count). The first-order chi connectivity index (χ1) is 8.16. The molecule has 1 aliphatic carbocycles. The van der Waals surface area contributed by atoms with Gasteiger partial charge < -0.3 is 5.32 Å². The number of aromatic nitrogens is 1. The summed E-state index contributed by atoms with van der Waals surface area (Å²) in [5.41, 5.74) is 1.05. The van der Waals surface area contributed by atoms with Crippen LogP contribution < -0.4 is 5.32 Å². The highest BCUT2D eigenvalue weighted by atomic mass is 79.9. The van der Waals surface area contributed by atoms with Crippen molar-refractivity contribution >= 4 is 21.7 Å². The maximum absolute atomic E-state index is 4.57. The molecule has 1 fully saturated rings. The molecule has 1 aliphatic rings. The number of aryl methyl sites for hydroxylation is 1. The van der Waals surface area contributed by atoms with E-state index in [9.17, 15) is 0 Å². The van der Waals surface area contributed by atoms with E-state index in [1.807, 2.05) is 6.92 Å². The maximum Gasteiger partial charge on any atom is 0.126 e. The van der Waals surface area contributed by atoms with E-state index in [2.05, 4.69) is 45.3 Å². The summed E-state index contributed by atoms with van der Waals surface area (Å²) in [6.07, 6.45) is 6.73. The van der Waals surface area contributed by atoms with Crippen LogP contribution >= 0.6 is 15.9 Å². The molecule has 2 nitrogen and oxygen atoms in total. The third kappa shape index (κ3) is 3.44. The predicted octanol–water partition coefficient (Wildman–Crippen LogP) is 4.53. The standard InChI is InChI=1S/C14H21BrN2/c1-10-6-4-3-5-7-13(10)17-14-9-8-12(15)11(2)16-14/h8-10,13H,3-7H2,1-2H3,(H,16,17). The molecular formula is C14H21BrN2. The molecule has 1 N–H and O–H groups in total. The number of nitrogens with zero attached hydrogens (tertiary/aromatic N) is 1. The van der Waals surface area contributed by atoms with Gasteiger partial charge in [-0.2, -0.15) is 0 Å². The van der Waals surface area contributed by atoms with Gasteiger partial charge in [-0.25, -0.2) is 4.98 Å². The lowest BCUT2D eigenvalue weighted by Crippen LogP contribution is -2.26. The fraction of sp³-hybridized carbons (Fsp3) is 0.643. The third-order valence-corrected chi connectivity index (χ3v) is 4.55. The molecule has 0 aromatic carbocycles. The van der Waals surface area contributed by atoms with Crippen molar-refractivity contribution in [2.24, 2.45) is 5.92 Å². The van der Waals surface area contributed by atoms with Crippen LogP contribution in [-0.4, -0.2) is 11.0 Å². The van der Waals surface area contributed by atoms with Crippen molar-refractivity contribution < 1.29 is 0 Å². The largest absolute Gasteiger partial charge is 0.367 e. The molecule has 0 amide bonds. The van der Waals surface area contributed by atoms with Crippen molar-refractivity contribution in [1.82, 2.24) is 4.98 Å². The molecule has 1 heterocycles. The minimum absolute atomic E-state index is 0.588. The van der Waals surface area contributed by atoms with E-state index >= 15 is 0 Å². The molecule has 3 heteroatoms. The molecule has 1 saturated carbocycles. The number of hydrogen-bond acceptors (Lipinski definition) is 2. The van der Waals surface area contributed by atoms with E-state index in [-0.39, 0.29) is 0 Å². The molecule has 0 spiro atoms. The van der Waals surface area contributed by atoms with Crippen LogP contribution in [0.25, 0.3) is 0 Å². The van der Waals surface area contributed by atoms with Gasteiger partial charge in [-0.15, -0.1) is 0 Å². The van der Waals surface area contributed by atoms with Crippen molar-refractivity contribution in [3.63, 3.8) is 0 Å². The molecule has 2 atom stereocenters. The Morgan fingerprint density at radius 2 is 2.00 bits per heavy atom. The highest BCUT2D eigenvalue weighted by Crippen LogP contribution is 2.26. The topological polar surface area (TPSA) is 24.9 Å². The summed E-state index contributed by atoms with van der Waals surface area (Å²) < 4.78 is 1.08. The molecule has 94 valence electrons. The Labute approximate surface area is 112 Å². The summed E-state index contributed by atoms with van der Waals surface area (Å²) >= 11 is 3.49. The Morgan fingerprint density at radius 1 is 1.24 bits per heavy atom. The molecule has 0 aliphatic heterocycles. The monoisotopic (exact) mass is 296 g/mol. The van der Waals surface area contributed by atoms with Crippen LogP contribution in [0.4, 0.5) is 5.82 Å². The Balaban J connectivity index is 2.05. The average Bonchev–Trinajstić information content (AvgIpc) is 2.50. The van der Waals surface area contributed by atoms with E-state index in [1.165, 1.54) is 32.1 Å². The highest BCUT2D eigenvalue weighted by molar-refractivity contribution is 9.10. The lowest BCUT2D eigenvalue weighted by atomic mass is 9.97. The number of pyridine rings is 1. The summed E-state index contributed by atoms with van der Waals surface area (Å²) in [5.74, 6) is 1.77. The van der Waals surface area contributed by atoms with Crippen molar-refractivity contribution in [2.45, 2.75) is 52.0 Å². The van der Waals surface area contributed by atoms with Crippen LogP contribution in [0, 0.1) is 12.8 Å². The second kappa shape index (κ2) is 5.85. The van der Waals surface area contributed by atoms with E-state index < -0.39 is 0 Å². The van der Waals surface area contributed by atoms with Crippen LogP contribution in [0.3, 0.4) is 0 Å². The zero-order chi connectivity index (χ0) is 12.3. The van der Waals surface area contributed by atoms with Gasteiger partial charge in [-0.05, 0) is 53.7 Å². The van der Waals surface area contributed by atoms with Crippen LogP contribution in [0.2, 0.25) is 0 Å².